The minimum atomic E-state index is -0.395. The van der Waals surface area contributed by atoms with E-state index < -0.39 is 5.41 Å². The van der Waals surface area contributed by atoms with Gasteiger partial charge in [0.25, 0.3) is 0 Å². The number of halogens is 1. The molecule has 1 aliphatic carbocycles. The fourth-order valence-corrected chi connectivity index (χ4v) is 2.19. The molecule has 0 aromatic heterocycles. The lowest BCUT2D eigenvalue weighted by Crippen LogP contribution is -2.16. The summed E-state index contributed by atoms with van der Waals surface area (Å²) < 4.78 is 0.901. The second kappa shape index (κ2) is 3.09. The summed E-state index contributed by atoms with van der Waals surface area (Å²) in [6, 6.07) is 5.24. The van der Waals surface area contributed by atoms with E-state index in [4.69, 9.17) is 0 Å². The first-order chi connectivity index (χ1) is 6.56. The molecule has 14 heavy (non-hydrogen) atoms. The molecule has 0 saturated heterocycles. The zero-order valence-corrected chi connectivity index (χ0v) is 9.47. The lowest BCUT2D eigenvalue weighted by Gasteiger charge is -2.13. The molecule has 0 heterocycles. The number of carbonyl (C=O) groups is 1. The van der Waals surface area contributed by atoms with Crippen molar-refractivity contribution in [1.29, 1.82) is 0 Å². The maximum absolute atomic E-state index is 11.5. The number of hydrogen-bond acceptors (Lipinski definition) is 2. The Hall–Kier alpha value is -0.830. The highest BCUT2D eigenvalue weighted by atomic mass is 79.9. The highest BCUT2D eigenvalue weighted by Gasteiger charge is 2.50. The molecular formula is C11H11BrO2. The standard InChI is InChI=1S/C11H11BrO2/c1-7(13)11(4-5-11)9-6-8(12)2-3-10(9)14/h2-3,6,14H,4-5H2,1H3. The van der Waals surface area contributed by atoms with Gasteiger partial charge in [-0.05, 0) is 38.0 Å². The van der Waals surface area contributed by atoms with Crippen molar-refractivity contribution in [2.24, 2.45) is 0 Å². The van der Waals surface area contributed by atoms with Crippen LogP contribution in [-0.4, -0.2) is 10.9 Å². The average Bonchev–Trinajstić information content (AvgIpc) is 2.90. The molecular weight excluding hydrogens is 244 g/mol. The summed E-state index contributed by atoms with van der Waals surface area (Å²) in [5, 5.41) is 9.69. The fourth-order valence-electron chi connectivity index (χ4n) is 1.83. The number of carbonyl (C=O) groups excluding carboxylic acids is 1. The summed E-state index contributed by atoms with van der Waals surface area (Å²) in [5.74, 6) is 0.367. The summed E-state index contributed by atoms with van der Waals surface area (Å²) in [7, 11) is 0. The summed E-state index contributed by atoms with van der Waals surface area (Å²) in [4.78, 5) is 11.5. The molecule has 74 valence electrons. The van der Waals surface area contributed by atoms with Gasteiger partial charge in [0.2, 0.25) is 0 Å². The predicted molar refractivity (Wildman–Crippen MR) is 57.4 cm³/mol. The van der Waals surface area contributed by atoms with Crippen LogP contribution in [0.1, 0.15) is 25.3 Å². The third-order valence-corrected chi connectivity index (χ3v) is 3.39. The largest absolute Gasteiger partial charge is 0.508 e. The van der Waals surface area contributed by atoms with Crippen molar-refractivity contribution >= 4 is 21.7 Å². The maximum atomic E-state index is 11.5. The third kappa shape index (κ3) is 1.36. The molecule has 0 spiro atoms. The van der Waals surface area contributed by atoms with Crippen LogP contribution in [-0.2, 0) is 10.2 Å². The minimum Gasteiger partial charge on any atom is -0.508 e. The highest BCUT2D eigenvalue weighted by molar-refractivity contribution is 9.10. The molecule has 2 rings (SSSR count). The number of phenolic OH excluding ortho intramolecular Hbond substituents is 1. The van der Waals surface area contributed by atoms with Crippen LogP contribution in [0, 0.1) is 0 Å². The van der Waals surface area contributed by atoms with Crippen LogP contribution in [0.4, 0.5) is 0 Å². The summed E-state index contributed by atoms with van der Waals surface area (Å²) in [6.07, 6.45) is 1.71. The Bertz CT molecular complexity index is 394. The van der Waals surface area contributed by atoms with Gasteiger partial charge in [-0.2, -0.15) is 0 Å². The molecule has 1 aromatic carbocycles. The second-order valence-electron chi connectivity index (χ2n) is 3.80. The average molecular weight is 255 g/mol. The topological polar surface area (TPSA) is 37.3 Å². The van der Waals surface area contributed by atoms with Gasteiger partial charge in [-0.3, -0.25) is 4.79 Å². The molecule has 0 aliphatic heterocycles. The predicted octanol–water partition coefficient (Wildman–Crippen LogP) is 2.78. The molecule has 1 saturated carbocycles. The Morgan fingerprint density at radius 1 is 1.50 bits per heavy atom. The van der Waals surface area contributed by atoms with Crippen LogP contribution >= 0.6 is 15.9 Å². The molecule has 1 aliphatic rings. The van der Waals surface area contributed by atoms with E-state index >= 15 is 0 Å². The van der Waals surface area contributed by atoms with Crippen molar-refractivity contribution in [3.05, 3.63) is 28.2 Å². The monoisotopic (exact) mass is 254 g/mol. The molecule has 0 unspecified atom stereocenters. The van der Waals surface area contributed by atoms with Crippen molar-refractivity contribution in [3.63, 3.8) is 0 Å². The Morgan fingerprint density at radius 2 is 2.14 bits per heavy atom. The van der Waals surface area contributed by atoms with Gasteiger partial charge in [0.1, 0.15) is 11.5 Å². The smallest absolute Gasteiger partial charge is 0.140 e. The minimum absolute atomic E-state index is 0.144. The van der Waals surface area contributed by atoms with Gasteiger partial charge >= 0.3 is 0 Å². The van der Waals surface area contributed by atoms with Crippen molar-refractivity contribution in [3.8, 4) is 5.75 Å². The van der Waals surface area contributed by atoms with E-state index in [2.05, 4.69) is 15.9 Å². The van der Waals surface area contributed by atoms with E-state index in [9.17, 15) is 9.90 Å². The van der Waals surface area contributed by atoms with Crippen LogP contribution in [0.3, 0.4) is 0 Å². The summed E-state index contributed by atoms with van der Waals surface area (Å²) in [5.41, 5.74) is 0.368. The third-order valence-electron chi connectivity index (χ3n) is 2.90. The molecule has 0 radical (unpaired) electrons. The number of rotatable bonds is 2. The molecule has 1 fully saturated rings. The zero-order valence-electron chi connectivity index (χ0n) is 7.88. The van der Waals surface area contributed by atoms with Gasteiger partial charge in [-0.25, -0.2) is 0 Å². The number of phenols is 1. The maximum Gasteiger partial charge on any atom is 0.140 e. The number of hydrogen-bond donors (Lipinski definition) is 1. The van der Waals surface area contributed by atoms with Gasteiger partial charge in [-0.1, -0.05) is 15.9 Å². The molecule has 1 N–H and O–H groups in total. The molecule has 0 atom stereocenters. The van der Waals surface area contributed by atoms with Crippen LogP contribution in [0.5, 0.6) is 5.75 Å². The van der Waals surface area contributed by atoms with Crippen LogP contribution < -0.4 is 0 Å². The van der Waals surface area contributed by atoms with E-state index in [1.54, 1.807) is 19.1 Å². The van der Waals surface area contributed by atoms with Gasteiger partial charge in [0.15, 0.2) is 0 Å². The van der Waals surface area contributed by atoms with E-state index in [0.717, 1.165) is 22.9 Å². The molecule has 0 amide bonds. The van der Waals surface area contributed by atoms with Crippen molar-refractivity contribution in [2.45, 2.75) is 25.2 Å². The second-order valence-corrected chi connectivity index (χ2v) is 4.72. The number of aromatic hydroxyl groups is 1. The van der Waals surface area contributed by atoms with E-state index in [0.29, 0.717) is 0 Å². The molecule has 2 nitrogen and oxygen atoms in total. The number of Topliss-reactive ketones (excluding diaryl/α,β-unsaturated/α-hetero) is 1. The molecule has 3 heteroatoms. The lowest BCUT2D eigenvalue weighted by atomic mass is 9.91. The Balaban J connectivity index is 2.51. The quantitative estimate of drug-likeness (QED) is 0.882. The van der Waals surface area contributed by atoms with Crippen LogP contribution in [0.25, 0.3) is 0 Å². The fraction of sp³-hybridized carbons (Fsp3) is 0.364. The van der Waals surface area contributed by atoms with Crippen molar-refractivity contribution in [1.82, 2.24) is 0 Å². The van der Waals surface area contributed by atoms with E-state index in [1.165, 1.54) is 0 Å². The zero-order chi connectivity index (χ0) is 10.3. The normalized spacial score (nSPS) is 17.9. The Labute approximate surface area is 91.1 Å². The molecule has 0 bridgehead atoms. The molecule has 1 aromatic rings. The number of ketones is 1. The first-order valence-electron chi connectivity index (χ1n) is 4.56. The van der Waals surface area contributed by atoms with E-state index in [-0.39, 0.29) is 11.5 Å². The lowest BCUT2D eigenvalue weighted by molar-refractivity contribution is -0.119. The highest BCUT2D eigenvalue weighted by Crippen LogP contribution is 2.52. The van der Waals surface area contributed by atoms with Gasteiger partial charge in [-0.15, -0.1) is 0 Å². The Morgan fingerprint density at radius 3 is 2.64 bits per heavy atom. The Kier molecular flexibility index (Phi) is 2.14. The first-order valence-corrected chi connectivity index (χ1v) is 5.35. The van der Waals surface area contributed by atoms with Crippen molar-refractivity contribution in [2.75, 3.05) is 0 Å². The van der Waals surface area contributed by atoms with E-state index in [1.807, 2.05) is 6.07 Å². The SMILES string of the molecule is CC(=O)C1(c2cc(Br)ccc2O)CC1. The van der Waals surface area contributed by atoms with Crippen LogP contribution in [0.2, 0.25) is 0 Å². The van der Waals surface area contributed by atoms with Gasteiger partial charge in [0.05, 0.1) is 5.41 Å². The first kappa shape index (κ1) is 9.71. The van der Waals surface area contributed by atoms with Gasteiger partial charge < -0.3 is 5.11 Å². The van der Waals surface area contributed by atoms with Gasteiger partial charge in [0, 0.05) is 10.0 Å². The number of benzene rings is 1. The summed E-state index contributed by atoms with van der Waals surface area (Å²) in [6.45, 7) is 1.59. The van der Waals surface area contributed by atoms with Crippen LogP contribution in [0.15, 0.2) is 22.7 Å². The van der Waals surface area contributed by atoms with Crippen molar-refractivity contribution < 1.29 is 9.90 Å². The summed E-state index contributed by atoms with van der Waals surface area (Å²) >= 11 is 3.34.